The van der Waals surface area contributed by atoms with Gasteiger partial charge in [0.15, 0.2) is 0 Å². The minimum Gasteiger partial charge on any atom is -0.497 e. The second-order valence-electron chi connectivity index (χ2n) is 5.17. The summed E-state index contributed by atoms with van der Waals surface area (Å²) in [7, 11) is 1.58. The summed E-state index contributed by atoms with van der Waals surface area (Å²) in [5, 5.41) is 1.35. The molecule has 0 N–H and O–H groups in total. The molecule has 0 unspecified atom stereocenters. The van der Waals surface area contributed by atoms with E-state index in [-0.39, 0.29) is 5.97 Å². The zero-order valence-corrected chi connectivity index (χ0v) is 14.1. The first-order valence-electron chi connectivity index (χ1n) is 7.54. The van der Waals surface area contributed by atoms with Gasteiger partial charge in [-0.05, 0) is 43.3 Å². The molecule has 5 heteroatoms. The first-order chi connectivity index (χ1) is 11.6. The van der Waals surface area contributed by atoms with Crippen LogP contribution in [-0.4, -0.2) is 24.7 Å². The van der Waals surface area contributed by atoms with Crippen molar-refractivity contribution in [3.63, 3.8) is 0 Å². The van der Waals surface area contributed by atoms with Crippen LogP contribution in [0.1, 0.15) is 17.3 Å². The van der Waals surface area contributed by atoms with E-state index >= 15 is 0 Å². The molecular formula is C19H16ClNO3. The lowest BCUT2D eigenvalue weighted by Crippen LogP contribution is -2.06. The lowest BCUT2D eigenvalue weighted by molar-refractivity contribution is 0.0528. The fraction of sp³-hybridized carbons (Fsp3) is 0.158. The smallest absolute Gasteiger partial charge is 0.338 e. The van der Waals surface area contributed by atoms with Crippen molar-refractivity contribution < 1.29 is 14.3 Å². The Bertz CT molecular complexity index is 891. The van der Waals surface area contributed by atoms with Crippen molar-refractivity contribution >= 4 is 28.5 Å². The highest BCUT2D eigenvalue weighted by molar-refractivity contribution is 6.30. The number of nitrogens with zero attached hydrogens (tertiary/aromatic N) is 1. The van der Waals surface area contributed by atoms with E-state index in [9.17, 15) is 4.79 Å². The van der Waals surface area contributed by atoms with Crippen molar-refractivity contribution in [2.45, 2.75) is 6.92 Å². The Hall–Kier alpha value is -2.59. The Morgan fingerprint density at radius 2 is 1.88 bits per heavy atom. The number of hydrogen-bond acceptors (Lipinski definition) is 4. The van der Waals surface area contributed by atoms with Crippen LogP contribution in [0.25, 0.3) is 22.2 Å². The van der Waals surface area contributed by atoms with E-state index in [0.717, 1.165) is 5.56 Å². The first-order valence-corrected chi connectivity index (χ1v) is 7.92. The van der Waals surface area contributed by atoms with E-state index in [1.165, 1.54) is 0 Å². The van der Waals surface area contributed by atoms with Crippen LogP contribution >= 0.6 is 11.6 Å². The molecule has 1 aromatic heterocycles. The number of aromatic nitrogens is 1. The van der Waals surface area contributed by atoms with Gasteiger partial charge >= 0.3 is 5.97 Å². The molecule has 0 saturated heterocycles. The van der Waals surface area contributed by atoms with Crippen molar-refractivity contribution in [3.05, 3.63) is 59.1 Å². The number of fused-ring (bicyclic) bond motifs is 1. The SMILES string of the molecule is CCOC(=O)c1cc(-c2ccc(Cl)cc2)nc2ccc(OC)cc12. The maximum atomic E-state index is 12.4. The number of methoxy groups -OCH3 is 1. The van der Waals surface area contributed by atoms with Gasteiger partial charge in [-0.2, -0.15) is 0 Å². The number of rotatable bonds is 4. The van der Waals surface area contributed by atoms with Crippen LogP contribution in [0.2, 0.25) is 5.02 Å². The summed E-state index contributed by atoms with van der Waals surface area (Å²) in [6.45, 7) is 2.09. The van der Waals surface area contributed by atoms with Gasteiger partial charge < -0.3 is 9.47 Å². The van der Waals surface area contributed by atoms with Gasteiger partial charge in [0.1, 0.15) is 5.75 Å². The predicted molar refractivity (Wildman–Crippen MR) is 94.7 cm³/mol. The molecule has 0 spiro atoms. The Morgan fingerprint density at radius 1 is 1.12 bits per heavy atom. The quantitative estimate of drug-likeness (QED) is 0.643. The van der Waals surface area contributed by atoms with Crippen LogP contribution in [-0.2, 0) is 4.74 Å². The fourth-order valence-corrected chi connectivity index (χ4v) is 2.60. The predicted octanol–water partition coefficient (Wildman–Crippen LogP) is 4.74. The Balaban J connectivity index is 2.22. The standard InChI is InChI=1S/C19H16ClNO3/c1-3-24-19(22)16-11-18(12-4-6-13(20)7-5-12)21-17-9-8-14(23-2)10-15(16)17/h4-11H,3H2,1-2H3. The summed E-state index contributed by atoms with van der Waals surface area (Å²) < 4.78 is 10.4. The molecule has 1 heterocycles. The number of ether oxygens (including phenoxy) is 2. The highest BCUT2D eigenvalue weighted by Gasteiger charge is 2.15. The molecule has 24 heavy (non-hydrogen) atoms. The molecule has 0 saturated carbocycles. The fourth-order valence-electron chi connectivity index (χ4n) is 2.48. The Morgan fingerprint density at radius 3 is 2.54 bits per heavy atom. The number of esters is 1. The monoisotopic (exact) mass is 341 g/mol. The van der Waals surface area contributed by atoms with Crippen LogP contribution in [0, 0.1) is 0 Å². The molecule has 0 atom stereocenters. The molecule has 0 radical (unpaired) electrons. The Labute approximate surface area is 145 Å². The van der Waals surface area contributed by atoms with Crippen LogP contribution < -0.4 is 4.74 Å². The number of pyridine rings is 1. The van der Waals surface area contributed by atoms with Crippen LogP contribution in [0.15, 0.2) is 48.5 Å². The normalized spacial score (nSPS) is 10.6. The van der Waals surface area contributed by atoms with E-state index in [1.54, 1.807) is 38.3 Å². The maximum absolute atomic E-state index is 12.4. The number of halogens is 1. The zero-order valence-electron chi connectivity index (χ0n) is 13.4. The minimum atomic E-state index is -0.381. The molecule has 0 amide bonds. The van der Waals surface area contributed by atoms with Crippen molar-refractivity contribution in [1.29, 1.82) is 0 Å². The maximum Gasteiger partial charge on any atom is 0.338 e. The topological polar surface area (TPSA) is 48.4 Å². The first kappa shape index (κ1) is 16.3. The van der Waals surface area contributed by atoms with E-state index in [4.69, 9.17) is 21.1 Å². The molecule has 3 aromatic rings. The zero-order chi connectivity index (χ0) is 17.1. The molecule has 122 valence electrons. The molecule has 0 aliphatic carbocycles. The molecule has 2 aromatic carbocycles. The van der Waals surface area contributed by atoms with Crippen LogP contribution in [0.5, 0.6) is 5.75 Å². The number of carbonyl (C=O) groups excluding carboxylic acids is 1. The average molecular weight is 342 g/mol. The number of benzene rings is 2. The third-order valence-electron chi connectivity index (χ3n) is 3.65. The second kappa shape index (κ2) is 6.89. The summed E-state index contributed by atoms with van der Waals surface area (Å²) in [5.74, 6) is 0.280. The van der Waals surface area contributed by atoms with Gasteiger partial charge in [0.2, 0.25) is 0 Å². The van der Waals surface area contributed by atoms with E-state index < -0.39 is 0 Å². The highest BCUT2D eigenvalue weighted by atomic mass is 35.5. The summed E-state index contributed by atoms with van der Waals surface area (Å²) in [6, 6.07) is 14.5. The molecular weight excluding hydrogens is 326 g/mol. The van der Waals surface area contributed by atoms with Gasteiger partial charge in [-0.25, -0.2) is 9.78 Å². The molecule has 3 rings (SSSR count). The lowest BCUT2D eigenvalue weighted by Gasteiger charge is -2.10. The lowest BCUT2D eigenvalue weighted by atomic mass is 10.0. The average Bonchev–Trinajstić information content (AvgIpc) is 2.61. The van der Waals surface area contributed by atoms with Crippen molar-refractivity contribution in [1.82, 2.24) is 4.98 Å². The van der Waals surface area contributed by atoms with E-state index in [2.05, 4.69) is 4.98 Å². The van der Waals surface area contributed by atoms with E-state index in [1.807, 2.05) is 24.3 Å². The summed E-state index contributed by atoms with van der Waals surface area (Å²) in [6.07, 6.45) is 0. The molecule has 0 bridgehead atoms. The second-order valence-corrected chi connectivity index (χ2v) is 5.60. The van der Waals surface area contributed by atoms with Gasteiger partial charge in [0, 0.05) is 16.0 Å². The van der Waals surface area contributed by atoms with Crippen LogP contribution in [0.3, 0.4) is 0 Å². The van der Waals surface area contributed by atoms with Crippen molar-refractivity contribution in [2.24, 2.45) is 0 Å². The summed E-state index contributed by atoms with van der Waals surface area (Å²) >= 11 is 5.94. The van der Waals surface area contributed by atoms with Gasteiger partial charge in [-0.3, -0.25) is 0 Å². The van der Waals surface area contributed by atoms with Crippen LogP contribution in [0.4, 0.5) is 0 Å². The number of carbonyl (C=O) groups is 1. The largest absolute Gasteiger partial charge is 0.497 e. The van der Waals surface area contributed by atoms with Crippen molar-refractivity contribution in [3.8, 4) is 17.0 Å². The molecule has 4 nitrogen and oxygen atoms in total. The molecule has 0 fully saturated rings. The highest BCUT2D eigenvalue weighted by Crippen LogP contribution is 2.28. The van der Waals surface area contributed by atoms with Crippen molar-refractivity contribution in [2.75, 3.05) is 13.7 Å². The summed E-state index contributed by atoms with van der Waals surface area (Å²) in [4.78, 5) is 17.0. The third kappa shape index (κ3) is 3.19. The van der Waals surface area contributed by atoms with Gasteiger partial charge in [0.05, 0.1) is 30.5 Å². The number of hydrogen-bond donors (Lipinski definition) is 0. The van der Waals surface area contributed by atoms with E-state index in [0.29, 0.717) is 39.5 Å². The molecule has 0 aliphatic rings. The van der Waals surface area contributed by atoms with Gasteiger partial charge in [0.25, 0.3) is 0 Å². The Kier molecular flexibility index (Phi) is 4.67. The summed E-state index contributed by atoms with van der Waals surface area (Å²) in [5.41, 5.74) is 2.73. The minimum absolute atomic E-state index is 0.308. The molecule has 0 aliphatic heterocycles. The van der Waals surface area contributed by atoms with Gasteiger partial charge in [-0.1, -0.05) is 23.7 Å². The third-order valence-corrected chi connectivity index (χ3v) is 3.90. The van der Waals surface area contributed by atoms with Gasteiger partial charge in [-0.15, -0.1) is 0 Å².